The number of esters is 4. The second-order valence-electron chi connectivity index (χ2n) is 10.6. The highest BCUT2D eigenvalue weighted by atomic mass is 16.6. The summed E-state index contributed by atoms with van der Waals surface area (Å²) < 4.78 is 22.5. The Morgan fingerprint density at radius 2 is 1.72 bits per heavy atom. The van der Waals surface area contributed by atoms with Crippen LogP contribution in [0, 0.1) is 5.92 Å². The fraction of sp³-hybridized carbons (Fsp3) is 0.536. The van der Waals surface area contributed by atoms with Crippen LogP contribution in [0.5, 0.6) is 0 Å². The van der Waals surface area contributed by atoms with Crippen LogP contribution >= 0.6 is 0 Å². The summed E-state index contributed by atoms with van der Waals surface area (Å²) in [5.41, 5.74) is -6.77. The normalized spacial score (nSPS) is 35.5. The predicted octanol–water partition coefficient (Wildman–Crippen LogP) is 1.57. The number of rotatable bonds is 6. The van der Waals surface area contributed by atoms with Gasteiger partial charge in [-0.3, -0.25) is 14.4 Å². The van der Waals surface area contributed by atoms with E-state index in [9.17, 15) is 34.2 Å². The maximum absolute atomic E-state index is 13.4. The number of hydrogen-bond donors (Lipinski definition) is 2. The Kier molecular flexibility index (Phi) is 7.20. The van der Waals surface area contributed by atoms with Gasteiger partial charge in [-0.1, -0.05) is 25.1 Å². The van der Waals surface area contributed by atoms with Crippen LogP contribution in [-0.2, 0) is 38.1 Å². The Labute approximate surface area is 225 Å². The molecule has 0 unspecified atom stereocenters. The molecule has 1 saturated heterocycles. The van der Waals surface area contributed by atoms with Crippen molar-refractivity contribution < 1.29 is 53.1 Å². The number of fused-ring (bicyclic) bond motifs is 3. The molecule has 0 amide bonds. The van der Waals surface area contributed by atoms with Crippen LogP contribution in [0.25, 0.3) is 0 Å². The van der Waals surface area contributed by atoms with Gasteiger partial charge < -0.3 is 29.2 Å². The number of Topliss-reactive ketones (excluding diaryl/α,β-unsaturated/α-hetero) is 1. The maximum Gasteiger partial charge on any atom is 0.341 e. The van der Waals surface area contributed by atoms with Gasteiger partial charge in [-0.05, 0) is 50.5 Å². The van der Waals surface area contributed by atoms with E-state index in [1.165, 1.54) is 26.0 Å². The second-order valence-corrected chi connectivity index (χ2v) is 10.6. The average Bonchev–Trinajstić information content (AvgIpc) is 3.17. The molecule has 0 spiro atoms. The van der Waals surface area contributed by atoms with Crippen molar-refractivity contribution in [1.29, 1.82) is 0 Å². The van der Waals surface area contributed by atoms with E-state index in [2.05, 4.69) is 0 Å². The average molecular weight is 545 g/mol. The first-order valence-electron chi connectivity index (χ1n) is 12.7. The van der Waals surface area contributed by atoms with E-state index < -0.39 is 77.1 Å². The van der Waals surface area contributed by atoms with Gasteiger partial charge in [-0.25, -0.2) is 9.59 Å². The highest BCUT2D eigenvalue weighted by Gasteiger charge is 2.75. The minimum absolute atomic E-state index is 0.0108. The van der Waals surface area contributed by atoms with Crippen molar-refractivity contribution in [2.75, 3.05) is 0 Å². The molecule has 1 aromatic carbocycles. The van der Waals surface area contributed by atoms with Crippen LogP contribution in [0.15, 0.2) is 41.5 Å². The fourth-order valence-corrected chi connectivity index (χ4v) is 5.94. The summed E-state index contributed by atoms with van der Waals surface area (Å²) in [6, 6.07) is 7.84. The standard InChI is InChI=1S/C28H32O11/c1-6-10-18(30)37-22-20-19(14(2)21(22)31)23-28(35,27(5,34)25(33)38-23)17(13-26(20,4)39-15(3)29)36-24(32)16-11-8-7-9-12-16/h7-9,11-12,17,20,22-23,34-35H,6,10,13H2,1-5H3/t17-,20+,22-,23-,26-,27+,28+/m0/s1. The molecule has 3 aliphatic rings. The first kappa shape index (κ1) is 28.4. The summed E-state index contributed by atoms with van der Waals surface area (Å²) >= 11 is 0. The summed E-state index contributed by atoms with van der Waals surface area (Å²) in [4.78, 5) is 64.3. The van der Waals surface area contributed by atoms with Crippen molar-refractivity contribution in [2.24, 2.45) is 5.92 Å². The molecule has 0 bridgehead atoms. The topological polar surface area (TPSA) is 163 Å². The van der Waals surface area contributed by atoms with Gasteiger partial charge in [0.15, 0.2) is 29.2 Å². The highest BCUT2D eigenvalue weighted by molar-refractivity contribution is 6.04. The van der Waals surface area contributed by atoms with Crippen LogP contribution in [0.1, 0.15) is 64.2 Å². The number of benzene rings is 1. The molecule has 210 valence electrons. The maximum atomic E-state index is 13.4. The van der Waals surface area contributed by atoms with Crippen molar-refractivity contribution >= 4 is 29.7 Å². The van der Waals surface area contributed by atoms with Crippen molar-refractivity contribution in [3.63, 3.8) is 0 Å². The monoisotopic (exact) mass is 544 g/mol. The lowest BCUT2D eigenvalue weighted by molar-refractivity contribution is -0.197. The lowest BCUT2D eigenvalue weighted by Crippen LogP contribution is -2.64. The fourth-order valence-electron chi connectivity index (χ4n) is 5.94. The summed E-state index contributed by atoms with van der Waals surface area (Å²) in [5, 5.41) is 23.4. The quantitative estimate of drug-likeness (QED) is 0.395. The van der Waals surface area contributed by atoms with Crippen molar-refractivity contribution in [3.8, 4) is 0 Å². The first-order chi connectivity index (χ1) is 18.2. The molecule has 7 atom stereocenters. The molecular weight excluding hydrogens is 512 g/mol. The Morgan fingerprint density at radius 1 is 1.08 bits per heavy atom. The van der Waals surface area contributed by atoms with E-state index in [-0.39, 0.29) is 23.1 Å². The van der Waals surface area contributed by atoms with Crippen LogP contribution in [-0.4, -0.2) is 75.0 Å². The molecule has 2 aliphatic carbocycles. The highest BCUT2D eigenvalue weighted by Crippen LogP contribution is 2.56. The van der Waals surface area contributed by atoms with Gasteiger partial charge >= 0.3 is 23.9 Å². The predicted molar refractivity (Wildman–Crippen MR) is 132 cm³/mol. The molecule has 39 heavy (non-hydrogen) atoms. The molecule has 2 N–H and O–H groups in total. The Hall–Kier alpha value is -3.57. The summed E-state index contributed by atoms with van der Waals surface area (Å²) in [5.74, 6) is -5.35. The van der Waals surface area contributed by atoms with Gasteiger partial charge in [-0.2, -0.15) is 0 Å². The van der Waals surface area contributed by atoms with Gasteiger partial charge in [0, 0.05) is 19.8 Å². The lowest BCUT2D eigenvalue weighted by Gasteiger charge is -2.41. The first-order valence-corrected chi connectivity index (χ1v) is 12.7. The summed E-state index contributed by atoms with van der Waals surface area (Å²) in [7, 11) is 0. The second kappa shape index (κ2) is 9.87. The largest absolute Gasteiger partial charge is 0.459 e. The van der Waals surface area contributed by atoms with Gasteiger partial charge in [0.2, 0.25) is 0 Å². The molecule has 4 rings (SSSR count). The molecule has 11 nitrogen and oxygen atoms in total. The molecule has 0 radical (unpaired) electrons. The lowest BCUT2D eigenvalue weighted by atomic mass is 9.75. The van der Waals surface area contributed by atoms with Crippen LogP contribution in [0.2, 0.25) is 0 Å². The summed E-state index contributed by atoms with van der Waals surface area (Å²) in [6.07, 6.45) is -4.83. The molecule has 0 aromatic heterocycles. The third-order valence-electron chi connectivity index (χ3n) is 7.87. The molecule has 1 aromatic rings. The SMILES string of the molecule is CCCC(=O)O[C@@H]1C(=O)C(C)=C2[C@H]1[C@@](C)(OC(C)=O)C[C@H](OC(=O)c1ccccc1)[C@@]1(O)[C@H]2OC(=O)[C@@]1(C)O. The van der Waals surface area contributed by atoms with E-state index in [1.54, 1.807) is 25.1 Å². The minimum Gasteiger partial charge on any atom is -0.459 e. The zero-order chi connectivity index (χ0) is 28.9. The smallest absolute Gasteiger partial charge is 0.341 e. The molecule has 1 heterocycles. The molecule has 11 heteroatoms. The van der Waals surface area contributed by atoms with E-state index in [0.29, 0.717) is 6.42 Å². The number of ketones is 1. The van der Waals surface area contributed by atoms with Crippen LogP contribution in [0.4, 0.5) is 0 Å². The number of ether oxygens (including phenoxy) is 4. The number of carbonyl (C=O) groups is 5. The van der Waals surface area contributed by atoms with Crippen LogP contribution < -0.4 is 0 Å². The number of aliphatic hydroxyl groups is 2. The third-order valence-corrected chi connectivity index (χ3v) is 7.87. The van der Waals surface area contributed by atoms with Crippen molar-refractivity contribution in [2.45, 2.75) is 89.0 Å². The molecule has 1 saturated carbocycles. The van der Waals surface area contributed by atoms with Gasteiger partial charge in [0.25, 0.3) is 0 Å². The van der Waals surface area contributed by atoms with Crippen molar-refractivity contribution in [1.82, 2.24) is 0 Å². The van der Waals surface area contributed by atoms with E-state index >= 15 is 0 Å². The third kappa shape index (κ3) is 4.43. The molecular formula is C28H32O11. The number of carbonyl (C=O) groups excluding carboxylic acids is 5. The zero-order valence-corrected chi connectivity index (χ0v) is 22.4. The Bertz CT molecular complexity index is 1250. The zero-order valence-electron chi connectivity index (χ0n) is 22.4. The van der Waals surface area contributed by atoms with Crippen molar-refractivity contribution in [3.05, 3.63) is 47.0 Å². The van der Waals surface area contributed by atoms with Gasteiger partial charge in [0.05, 0.1) is 11.5 Å². The Balaban J connectivity index is 1.91. The minimum atomic E-state index is -2.61. The van der Waals surface area contributed by atoms with E-state index in [0.717, 1.165) is 13.8 Å². The molecule has 2 fully saturated rings. The summed E-state index contributed by atoms with van der Waals surface area (Å²) in [6.45, 7) is 6.78. The van der Waals surface area contributed by atoms with E-state index in [4.69, 9.17) is 18.9 Å². The van der Waals surface area contributed by atoms with Gasteiger partial charge in [-0.15, -0.1) is 0 Å². The molecule has 1 aliphatic heterocycles. The van der Waals surface area contributed by atoms with Crippen LogP contribution in [0.3, 0.4) is 0 Å². The van der Waals surface area contributed by atoms with Gasteiger partial charge in [0.1, 0.15) is 11.7 Å². The number of hydrogen-bond acceptors (Lipinski definition) is 11. The Morgan fingerprint density at radius 3 is 2.31 bits per heavy atom. The van der Waals surface area contributed by atoms with E-state index in [1.807, 2.05) is 0 Å².